The molecule has 0 amide bonds. The molecule has 0 spiro atoms. The molecule has 3 rings (SSSR count). The van der Waals surface area contributed by atoms with Gasteiger partial charge >= 0.3 is 5.97 Å². The molecule has 0 aliphatic heterocycles. The number of aromatic nitrogens is 2. The number of hydrogen-bond donors (Lipinski definition) is 0. The second-order valence-electron chi connectivity index (χ2n) is 5.69. The standard InChI is InChI=1S/C20H19N3O2/c1-3-15(2)20(24)25-22-19(13-23-11-10-21-14-23)18-9-8-16-6-4-5-7-17(16)12-18/h3-12,14H,13H2,1-2H3/b15-3+,22-19+. The highest BCUT2D eigenvalue weighted by atomic mass is 16.7. The molecule has 0 unspecified atom stereocenters. The third kappa shape index (κ3) is 4.01. The highest BCUT2D eigenvalue weighted by Gasteiger charge is 2.10. The van der Waals surface area contributed by atoms with Gasteiger partial charge in [-0.25, -0.2) is 9.78 Å². The first kappa shape index (κ1) is 16.6. The van der Waals surface area contributed by atoms with Crippen LogP contribution in [0.4, 0.5) is 0 Å². The summed E-state index contributed by atoms with van der Waals surface area (Å²) in [5.41, 5.74) is 2.07. The van der Waals surface area contributed by atoms with Crippen LogP contribution in [0.15, 0.2) is 78.0 Å². The third-order valence-corrected chi connectivity index (χ3v) is 3.97. The number of carbonyl (C=O) groups excluding carboxylic acids is 1. The Hall–Kier alpha value is -3.21. The van der Waals surface area contributed by atoms with E-state index in [0.717, 1.165) is 16.3 Å². The van der Waals surface area contributed by atoms with E-state index in [1.54, 1.807) is 32.4 Å². The average Bonchev–Trinajstić information content (AvgIpc) is 3.16. The molecular weight excluding hydrogens is 314 g/mol. The van der Waals surface area contributed by atoms with E-state index in [2.05, 4.69) is 16.2 Å². The molecule has 5 heteroatoms. The fourth-order valence-corrected chi connectivity index (χ4v) is 2.38. The molecular formula is C20H19N3O2. The molecule has 0 atom stereocenters. The van der Waals surface area contributed by atoms with Crippen molar-refractivity contribution >= 4 is 22.5 Å². The van der Waals surface area contributed by atoms with Gasteiger partial charge in [0.1, 0.15) is 5.71 Å². The van der Waals surface area contributed by atoms with Gasteiger partial charge in [0.2, 0.25) is 0 Å². The molecule has 1 heterocycles. The van der Waals surface area contributed by atoms with Gasteiger partial charge in [0, 0.05) is 23.5 Å². The summed E-state index contributed by atoms with van der Waals surface area (Å²) in [6, 6.07) is 14.2. The molecule has 0 fully saturated rings. The summed E-state index contributed by atoms with van der Waals surface area (Å²) in [5, 5.41) is 6.38. The van der Waals surface area contributed by atoms with Gasteiger partial charge in [-0.05, 0) is 30.7 Å². The van der Waals surface area contributed by atoms with Gasteiger partial charge in [-0.15, -0.1) is 0 Å². The van der Waals surface area contributed by atoms with Crippen LogP contribution in [0, 0.1) is 0 Å². The average molecular weight is 333 g/mol. The van der Waals surface area contributed by atoms with Gasteiger partial charge in [-0.1, -0.05) is 47.6 Å². The van der Waals surface area contributed by atoms with Crippen LogP contribution < -0.4 is 0 Å². The lowest BCUT2D eigenvalue weighted by molar-refractivity contribution is -0.139. The normalized spacial score (nSPS) is 12.4. The van der Waals surface area contributed by atoms with E-state index in [1.807, 2.05) is 47.2 Å². The van der Waals surface area contributed by atoms with Crippen LogP contribution in [0.1, 0.15) is 19.4 Å². The van der Waals surface area contributed by atoms with Crippen molar-refractivity contribution in [1.82, 2.24) is 9.55 Å². The van der Waals surface area contributed by atoms with Crippen LogP contribution in [0.25, 0.3) is 10.8 Å². The lowest BCUT2D eigenvalue weighted by atomic mass is 10.0. The van der Waals surface area contributed by atoms with E-state index in [0.29, 0.717) is 17.8 Å². The molecule has 3 aromatic rings. The topological polar surface area (TPSA) is 56.5 Å². The number of allylic oxidation sites excluding steroid dienone is 1. The van der Waals surface area contributed by atoms with E-state index in [-0.39, 0.29) is 0 Å². The monoisotopic (exact) mass is 333 g/mol. The molecule has 0 saturated carbocycles. The van der Waals surface area contributed by atoms with Crippen LogP contribution in [0.2, 0.25) is 0 Å². The minimum absolute atomic E-state index is 0.452. The summed E-state index contributed by atoms with van der Waals surface area (Å²) in [5.74, 6) is -0.452. The van der Waals surface area contributed by atoms with Crippen LogP contribution in [0.5, 0.6) is 0 Å². The van der Waals surface area contributed by atoms with Crippen LogP contribution in [-0.4, -0.2) is 21.2 Å². The van der Waals surface area contributed by atoms with Crippen molar-refractivity contribution in [3.63, 3.8) is 0 Å². The maximum atomic E-state index is 11.9. The minimum atomic E-state index is -0.452. The Morgan fingerprint density at radius 3 is 2.76 bits per heavy atom. The predicted molar refractivity (Wildman–Crippen MR) is 98.2 cm³/mol. The lowest BCUT2D eigenvalue weighted by Crippen LogP contribution is -2.13. The minimum Gasteiger partial charge on any atom is -0.331 e. The number of benzene rings is 2. The fraction of sp³-hybridized carbons (Fsp3) is 0.150. The first-order chi connectivity index (χ1) is 12.2. The summed E-state index contributed by atoms with van der Waals surface area (Å²) < 4.78 is 1.88. The SMILES string of the molecule is C/C=C(\C)C(=O)O/N=C(\Cn1ccnc1)c1ccc2ccccc2c1. The number of rotatable bonds is 5. The maximum absolute atomic E-state index is 11.9. The van der Waals surface area contributed by atoms with Crippen molar-refractivity contribution in [3.05, 3.63) is 78.4 Å². The summed E-state index contributed by atoms with van der Waals surface area (Å²) in [6.45, 7) is 3.94. The Morgan fingerprint density at radius 2 is 2.04 bits per heavy atom. The Bertz CT molecular complexity index is 940. The van der Waals surface area contributed by atoms with Crippen molar-refractivity contribution in [3.8, 4) is 0 Å². The zero-order valence-electron chi connectivity index (χ0n) is 14.2. The second kappa shape index (κ2) is 7.57. The number of nitrogens with zero attached hydrogens (tertiary/aromatic N) is 3. The van der Waals surface area contributed by atoms with Crippen molar-refractivity contribution < 1.29 is 9.63 Å². The van der Waals surface area contributed by atoms with Crippen molar-refractivity contribution in [1.29, 1.82) is 0 Å². The van der Waals surface area contributed by atoms with Gasteiger partial charge in [-0.2, -0.15) is 0 Å². The van der Waals surface area contributed by atoms with Gasteiger partial charge in [0.25, 0.3) is 0 Å². The van der Waals surface area contributed by atoms with E-state index < -0.39 is 5.97 Å². The van der Waals surface area contributed by atoms with Crippen LogP contribution >= 0.6 is 0 Å². The predicted octanol–water partition coefficient (Wildman–Crippen LogP) is 3.95. The first-order valence-corrected chi connectivity index (χ1v) is 8.03. The largest absolute Gasteiger partial charge is 0.361 e. The second-order valence-corrected chi connectivity index (χ2v) is 5.69. The molecule has 25 heavy (non-hydrogen) atoms. The summed E-state index contributed by atoms with van der Waals surface area (Å²) >= 11 is 0. The number of imidazole rings is 1. The van der Waals surface area contributed by atoms with Gasteiger partial charge in [0.15, 0.2) is 0 Å². The van der Waals surface area contributed by atoms with Crippen molar-refractivity contribution in [2.45, 2.75) is 20.4 Å². The van der Waals surface area contributed by atoms with E-state index in [1.165, 1.54) is 0 Å². The molecule has 0 N–H and O–H groups in total. The number of hydrogen-bond acceptors (Lipinski definition) is 4. The maximum Gasteiger partial charge on any atom is 0.361 e. The third-order valence-electron chi connectivity index (χ3n) is 3.97. The molecule has 1 aromatic heterocycles. The number of carbonyl (C=O) groups is 1. The van der Waals surface area contributed by atoms with Gasteiger partial charge in [-0.3, -0.25) is 0 Å². The quantitative estimate of drug-likeness (QED) is 0.307. The van der Waals surface area contributed by atoms with Gasteiger partial charge in [0.05, 0.1) is 12.9 Å². The highest BCUT2D eigenvalue weighted by Crippen LogP contribution is 2.17. The number of fused-ring (bicyclic) bond motifs is 1. The number of oxime groups is 1. The smallest absolute Gasteiger partial charge is 0.331 e. The van der Waals surface area contributed by atoms with E-state index in [9.17, 15) is 4.79 Å². The first-order valence-electron chi connectivity index (χ1n) is 8.03. The highest BCUT2D eigenvalue weighted by molar-refractivity contribution is 6.03. The summed E-state index contributed by atoms with van der Waals surface area (Å²) in [4.78, 5) is 21.1. The molecule has 0 aliphatic rings. The van der Waals surface area contributed by atoms with Crippen molar-refractivity contribution in [2.75, 3.05) is 0 Å². The zero-order valence-corrected chi connectivity index (χ0v) is 14.2. The lowest BCUT2D eigenvalue weighted by Gasteiger charge is -2.09. The molecule has 5 nitrogen and oxygen atoms in total. The van der Waals surface area contributed by atoms with E-state index >= 15 is 0 Å². The Kier molecular flexibility index (Phi) is 5.04. The Balaban J connectivity index is 1.95. The summed E-state index contributed by atoms with van der Waals surface area (Å²) in [7, 11) is 0. The van der Waals surface area contributed by atoms with Crippen LogP contribution in [0.3, 0.4) is 0 Å². The molecule has 0 radical (unpaired) electrons. The van der Waals surface area contributed by atoms with Crippen molar-refractivity contribution in [2.24, 2.45) is 5.16 Å². The van der Waals surface area contributed by atoms with Gasteiger partial charge < -0.3 is 9.40 Å². The molecule has 0 saturated heterocycles. The summed E-state index contributed by atoms with van der Waals surface area (Å²) in [6.07, 6.45) is 6.95. The van der Waals surface area contributed by atoms with E-state index in [4.69, 9.17) is 4.84 Å². The molecule has 126 valence electrons. The van der Waals surface area contributed by atoms with Crippen LogP contribution in [-0.2, 0) is 16.2 Å². The molecule has 2 aromatic carbocycles. The zero-order chi connectivity index (χ0) is 17.6. The fourth-order valence-electron chi connectivity index (χ4n) is 2.38. The Morgan fingerprint density at radius 1 is 1.24 bits per heavy atom. The molecule has 0 bridgehead atoms. The Labute approximate surface area is 146 Å². The molecule has 0 aliphatic carbocycles.